The summed E-state index contributed by atoms with van der Waals surface area (Å²) in [5.41, 5.74) is 2.03. The third-order valence-electron chi connectivity index (χ3n) is 3.41. The zero-order valence-electron chi connectivity index (χ0n) is 14.3. The predicted octanol–water partition coefficient (Wildman–Crippen LogP) is 2.96. The first kappa shape index (κ1) is 18.9. The maximum Gasteiger partial charge on any atom is 0.316 e. The predicted molar refractivity (Wildman–Crippen MR) is 97.7 cm³/mol. The van der Waals surface area contributed by atoms with Crippen molar-refractivity contribution in [3.8, 4) is 5.75 Å². The lowest BCUT2D eigenvalue weighted by molar-refractivity contribution is -0.145. The van der Waals surface area contributed by atoms with Crippen LogP contribution in [0.25, 0.3) is 0 Å². The van der Waals surface area contributed by atoms with Gasteiger partial charge < -0.3 is 14.8 Å². The summed E-state index contributed by atoms with van der Waals surface area (Å²) in [6.45, 7) is 2.04. The molecule has 0 aliphatic rings. The van der Waals surface area contributed by atoms with Crippen LogP contribution in [0.4, 0.5) is 0 Å². The van der Waals surface area contributed by atoms with Crippen LogP contribution in [0.3, 0.4) is 0 Å². The topological polar surface area (TPSA) is 64.6 Å². The van der Waals surface area contributed by atoms with Gasteiger partial charge in [0.15, 0.2) is 6.61 Å². The van der Waals surface area contributed by atoms with Crippen LogP contribution in [0.5, 0.6) is 5.75 Å². The molecule has 0 heterocycles. The van der Waals surface area contributed by atoms with Gasteiger partial charge in [0.25, 0.3) is 5.91 Å². The fraction of sp³-hybridized carbons (Fsp3) is 0.263. The minimum atomic E-state index is -0.419. The highest BCUT2D eigenvalue weighted by atomic mass is 32.2. The van der Waals surface area contributed by atoms with E-state index in [0.717, 1.165) is 10.5 Å². The second kappa shape index (κ2) is 9.74. The Hall–Kier alpha value is -2.47. The van der Waals surface area contributed by atoms with Crippen LogP contribution in [0.15, 0.2) is 53.4 Å². The Morgan fingerprint density at radius 3 is 2.52 bits per heavy atom. The number of amides is 1. The molecule has 0 aliphatic heterocycles. The van der Waals surface area contributed by atoms with Crippen LogP contribution < -0.4 is 10.1 Å². The lowest BCUT2D eigenvalue weighted by Gasteiger charge is -2.10. The fourth-order valence-electron chi connectivity index (χ4n) is 2.06. The number of rotatable bonds is 8. The van der Waals surface area contributed by atoms with Crippen LogP contribution in [0.2, 0.25) is 0 Å². The minimum Gasteiger partial charge on any atom is -0.496 e. The Morgan fingerprint density at radius 2 is 1.80 bits per heavy atom. The standard InChI is InChI=1S/C19H21NO4S/c1-14-7-9-16(10-8-14)25-13-19(22)24-12-18(21)20-11-15-5-3-4-6-17(15)23-2/h3-10H,11-13H2,1-2H3,(H,20,21). The number of methoxy groups -OCH3 is 1. The van der Waals surface area contributed by atoms with E-state index in [2.05, 4.69) is 5.32 Å². The summed E-state index contributed by atoms with van der Waals surface area (Å²) in [4.78, 5) is 24.5. The van der Waals surface area contributed by atoms with E-state index in [1.165, 1.54) is 17.3 Å². The molecule has 1 N–H and O–H groups in total. The fourth-order valence-corrected chi connectivity index (χ4v) is 2.75. The first-order chi connectivity index (χ1) is 12.1. The molecule has 1 amide bonds. The number of para-hydroxylation sites is 1. The Bertz CT molecular complexity index is 716. The highest BCUT2D eigenvalue weighted by Gasteiger charge is 2.09. The Morgan fingerprint density at radius 1 is 1.08 bits per heavy atom. The van der Waals surface area contributed by atoms with Crippen molar-refractivity contribution in [1.29, 1.82) is 0 Å². The molecule has 0 aliphatic carbocycles. The van der Waals surface area contributed by atoms with E-state index >= 15 is 0 Å². The van der Waals surface area contributed by atoms with Gasteiger partial charge in [0, 0.05) is 17.0 Å². The molecule has 0 aromatic heterocycles. The maximum absolute atomic E-state index is 11.8. The van der Waals surface area contributed by atoms with Crippen LogP contribution in [-0.2, 0) is 20.9 Å². The Labute approximate surface area is 151 Å². The van der Waals surface area contributed by atoms with Gasteiger partial charge in [-0.3, -0.25) is 9.59 Å². The van der Waals surface area contributed by atoms with Crippen molar-refractivity contribution < 1.29 is 19.1 Å². The van der Waals surface area contributed by atoms with Crippen molar-refractivity contribution in [1.82, 2.24) is 5.32 Å². The molecular formula is C19H21NO4S. The van der Waals surface area contributed by atoms with Gasteiger partial charge in [0.05, 0.1) is 12.9 Å². The molecule has 0 atom stereocenters. The number of hydrogen-bond acceptors (Lipinski definition) is 5. The van der Waals surface area contributed by atoms with Gasteiger partial charge >= 0.3 is 5.97 Å². The third kappa shape index (κ3) is 6.51. The molecule has 0 saturated heterocycles. The normalized spacial score (nSPS) is 10.2. The second-order valence-electron chi connectivity index (χ2n) is 5.35. The van der Waals surface area contributed by atoms with Crippen LogP contribution >= 0.6 is 11.8 Å². The maximum atomic E-state index is 11.8. The molecule has 2 aromatic carbocycles. The molecule has 0 spiro atoms. The third-order valence-corrected chi connectivity index (χ3v) is 4.40. The van der Waals surface area contributed by atoms with E-state index in [9.17, 15) is 9.59 Å². The van der Waals surface area contributed by atoms with Gasteiger partial charge in [-0.05, 0) is 25.1 Å². The summed E-state index contributed by atoms with van der Waals surface area (Å²) in [6.07, 6.45) is 0. The highest BCUT2D eigenvalue weighted by molar-refractivity contribution is 8.00. The van der Waals surface area contributed by atoms with Crippen molar-refractivity contribution in [2.45, 2.75) is 18.4 Å². The number of benzene rings is 2. The molecule has 132 valence electrons. The second-order valence-corrected chi connectivity index (χ2v) is 6.40. The summed E-state index contributed by atoms with van der Waals surface area (Å²) in [7, 11) is 1.58. The summed E-state index contributed by atoms with van der Waals surface area (Å²) in [6, 6.07) is 15.3. The molecule has 6 heteroatoms. The number of thioether (sulfide) groups is 1. The zero-order chi connectivity index (χ0) is 18.1. The zero-order valence-corrected chi connectivity index (χ0v) is 15.1. The molecule has 0 bridgehead atoms. The van der Waals surface area contributed by atoms with E-state index in [0.29, 0.717) is 12.3 Å². The van der Waals surface area contributed by atoms with Gasteiger partial charge in [-0.2, -0.15) is 0 Å². The lowest BCUT2D eigenvalue weighted by Crippen LogP contribution is -2.28. The number of hydrogen-bond donors (Lipinski definition) is 1. The number of aryl methyl sites for hydroxylation is 1. The van der Waals surface area contributed by atoms with Gasteiger partial charge in [0.2, 0.25) is 0 Å². The summed E-state index contributed by atoms with van der Waals surface area (Å²) < 4.78 is 10.2. The Kier molecular flexibility index (Phi) is 7.35. The van der Waals surface area contributed by atoms with Gasteiger partial charge in [0.1, 0.15) is 5.75 Å². The molecule has 0 unspecified atom stereocenters. The highest BCUT2D eigenvalue weighted by Crippen LogP contribution is 2.18. The van der Waals surface area contributed by atoms with E-state index in [4.69, 9.17) is 9.47 Å². The lowest BCUT2D eigenvalue weighted by atomic mass is 10.2. The molecular weight excluding hydrogens is 338 g/mol. The van der Waals surface area contributed by atoms with Crippen molar-refractivity contribution >= 4 is 23.6 Å². The number of esters is 1. The minimum absolute atomic E-state index is 0.169. The molecule has 0 saturated carbocycles. The van der Waals surface area contributed by atoms with E-state index in [1.54, 1.807) is 7.11 Å². The Balaban J connectivity index is 1.68. The average Bonchev–Trinajstić information content (AvgIpc) is 2.64. The SMILES string of the molecule is COc1ccccc1CNC(=O)COC(=O)CSc1ccc(C)cc1. The number of ether oxygens (including phenoxy) is 2. The van der Waals surface area contributed by atoms with Crippen LogP contribution in [-0.4, -0.2) is 31.3 Å². The van der Waals surface area contributed by atoms with Crippen LogP contribution in [0, 0.1) is 6.92 Å². The van der Waals surface area contributed by atoms with Gasteiger partial charge in [-0.1, -0.05) is 35.9 Å². The molecule has 5 nitrogen and oxygen atoms in total. The number of carbonyl (C=O) groups is 2. The van der Waals surface area contributed by atoms with Crippen LogP contribution in [0.1, 0.15) is 11.1 Å². The van der Waals surface area contributed by atoms with E-state index < -0.39 is 5.97 Å². The van der Waals surface area contributed by atoms with Crippen molar-refractivity contribution in [3.05, 3.63) is 59.7 Å². The largest absolute Gasteiger partial charge is 0.496 e. The van der Waals surface area contributed by atoms with Crippen molar-refractivity contribution in [2.24, 2.45) is 0 Å². The van der Waals surface area contributed by atoms with E-state index in [-0.39, 0.29) is 18.3 Å². The first-order valence-corrected chi connectivity index (χ1v) is 8.80. The molecule has 25 heavy (non-hydrogen) atoms. The number of carbonyl (C=O) groups excluding carboxylic acids is 2. The monoisotopic (exact) mass is 359 g/mol. The molecule has 0 radical (unpaired) electrons. The first-order valence-electron chi connectivity index (χ1n) is 7.82. The van der Waals surface area contributed by atoms with Crippen molar-refractivity contribution in [2.75, 3.05) is 19.5 Å². The molecule has 2 aromatic rings. The summed E-state index contributed by atoms with van der Waals surface area (Å²) >= 11 is 1.38. The summed E-state index contributed by atoms with van der Waals surface area (Å²) in [5, 5.41) is 2.71. The molecule has 2 rings (SSSR count). The average molecular weight is 359 g/mol. The number of nitrogens with one attached hydrogen (secondary N) is 1. The van der Waals surface area contributed by atoms with Gasteiger partial charge in [-0.15, -0.1) is 11.8 Å². The summed E-state index contributed by atoms with van der Waals surface area (Å²) in [5.74, 6) is 0.106. The van der Waals surface area contributed by atoms with E-state index in [1.807, 2.05) is 55.5 Å². The van der Waals surface area contributed by atoms with Crippen molar-refractivity contribution in [3.63, 3.8) is 0 Å². The quantitative estimate of drug-likeness (QED) is 0.580. The molecule has 0 fully saturated rings. The smallest absolute Gasteiger partial charge is 0.316 e. The van der Waals surface area contributed by atoms with Gasteiger partial charge in [-0.25, -0.2) is 0 Å².